The summed E-state index contributed by atoms with van der Waals surface area (Å²) in [6, 6.07) is 0. The van der Waals surface area contributed by atoms with E-state index in [-0.39, 0.29) is 11.8 Å². The van der Waals surface area contributed by atoms with Crippen LogP contribution in [0.15, 0.2) is 6.20 Å². The molecule has 1 aromatic heterocycles. The zero-order chi connectivity index (χ0) is 15.0. The molecule has 0 aliphatic heterocycles. The fourth-order valence-electron chi connectivity index (χ4n) is 1.79. The lowest BCUT2D eigenvalue weighted by Crippen LogP contribution is -2.29. The van der Waals surface area contributed by atoms with Crippen LogP contribution in [0.3, 0.4) is 0 Å². The fraction of sp³-hybridized carbons (Fsp3) is 0.643. The van der Waals surface area contributed by atoms with E-state index in [0.29, 0.717) is 24.8 Å². The van der Waals surface area contributed by atoms with Gasteiger partial charge in [-0.3, -0.25) is 4.79 Å². The molecule has 6 heteroatoms. The van der Waals surface area contributed by atoms with Crippen LogP contribution >= 0.6 is 0 Å². The van der Waals surface area contributed by atoms with Crippen LogP contribution in [0, 0.1) is 5.92 Å². The number of nitrogens with two attached hydrogens (primary N) is 1. The Balaban J connectivity index is 2.50. The molecule has 0 spiro atoms. The molecule has 112 valence electrons. The zero-order valence-electron chi connectivity index (χ0n) is 12.5. The molecular weight excluding hydrogens is 256 g/mol. The molecule has 6 nitrogen and oxygen atoms in total. The van der Waals surface area contributed by atoms with E-state index in [0.717, 1.165) is 24.8 Å². The van der Waals surface area contributed by atoms with Gasteiger partial charge in [0.1, 0.15) is 12.4 Å². The van der Waals surface area contributed by atoms with Gasteiger partial charge < -0.3 is 15.8 Å². The number of anilines is 1. The van der Waals surface area contributed by atoms with Crippen molar-refractivity contribution in [3.63, 3.8) is 0 Å². The highest BCUT2D eigenvalue weighted by Crippen LogP contribution is 2.10. The number of carbonyl (C=O) groups is 1. The fourth-order valence-corrected chi connectivity index (χ4v) is 1.79. The minimum Gasteiger partial charge on any atom is -0.383 e. The monoisotopic (exact) mass is 280 g/mol. The predicted molar refractivity (Wildman–Crippen MR) is 77.7 cm³/mol. The smallest absolute Gasteiger partial charge is 0.223 e. The summed E-state index contributed by atoms with van der Waals surface area (Å²) >= 11 is 0. The average molecular weight is 280 g/mol. The van der Waals surface area contributed by atoms with E-state index in [2.05, 4.69) is 22.2 Å². The van der Waals surface area contributed by atoms with Gasteiger partial charge >= 0.3 is 0 Å². The lowest BCUT2D eigenvalue weighted by Gasteiger charge is -2.12. The molecule has 0 aliphatic rings. The third-order valence-electron chi connectivity index (χ3n) is 3.11. The van der Waals surface area contributed by atoms with Gasteiger partial charge in [-0.15, -0.1) is 0 Å². The van der Waals surface area contributed by atoms with E-state index in [1.165, 1.54) is 0 Å². The van der Waals surface area contributed by atoms with Gasteiger partial charge in [0, 0.05) is 31.3 Å². The van der Waals surface area contributed by atoms with E-state index in [1.54, 1.807) is 13.3 Å². The molecule has 1 aromatic rings. The molecule has 3 N–H and O–H groups in total. The van der Waals surface area contributed by atoms with Crippen molar-refractivity contribution in [2.24, 2.45) is 5.92 Å². The summed E-state index contributed by atoms with van der Waals surface area (Å²) in [5.74, 6) is 0.980. The number of aromatic nitrogens is 2. The first-order valence-electron chi connectivity index (χ1n) is 6.95. The molecule has 1 amide bonds. The lowest BCUT2D eigenvalue weighted by molar-refractivity contribution is -0.124. The van der Waals surface area contributed by atoms with E-state index in [9.17, 15) is 4.79 Å². The van der Waals surface area contributed by atoms with E-state index in [4.69, 9.17) is 10.5 Å². The van der Waals surface area contributed by atoms with E-state index >= 15 is 0 Å². The Morgan fingerprint density at radius 2 is 2.30 bits per heavy atom. The van der Waals surface area contributed by atoms with Crippen molar-refractivity contribution >= 4 is 11.7 Å². The maximum Gasteiger partial charge on any atom is 0.223 e. The van der Waals surface area contributed by atoms with Gasteiger partial charge in [-0.1, -0.05) is 26.7 Å². The highest BCUT2D eigenvalue weighted by atomic mass is 16.5. The first-order chi connectivity index (χ1) is 9.58. The molecule has 1 atom stereocenters. The third-order valence-corrected chi connectivity index (χ3v) is 3.11. The minimum absolute atomic E-state index is 0.0184. The van der Waals surface area contributed by atoms with Crippen molar-refractivity contribution in [3.05, 3.63) is 17.6 Å². The molecule has 1 unspecified atom stereocenters. The molecule has 1 rings (SSSR count). The summed E-state index contributed by atoms with van der Waals surface area (Å²) in [6.07, 6.45) is 4.69. The second kappa shape index (κ2) is 8.47. The highest BCUT2D eigenvalue weighted by Gasteiger charge is 2.12. The van der Waals surface area contributed by atoms with Gasteiger partial charge in [-0.25, -0.2) is 9.97 Å². The van der Waals surface area contributed by atoms with Gasteiger partial charge in [0.2, 0.25) is 5.91 Å². The second-order valence-electron chi connectivity index (χ2n) is 4.89. The number of unbranched alkanes of at least 4 members (excludes halogenated alkanes) is 1. The summed E-state index contributed by atoms with van der Waals surface area (Å²) in [7, 11) is 1.57. The Morgan fingerprint density at radius 3 is 2.90 bits per heavy atom. The number of methoxy groups -OCH3 is 1. The van der Waals surface area contributed by atoms with E-state index in [1.807, 2.05) is 6.92 Å². The van der Waals surface area contributed by atoms with Crippen molar-refractivity contribution in [3.8, 4) is 0 Å². The maximum atomic E-state index is 11.9. The number of hydrogen-bond donors (Lipinski definition) is 2. The average Bonchev–Trinajstić information content (AvgIpc) is 2.43. The van der Waals surface area contributed by atoms with Crippen molar-refractivity contribution in [1.82, 2.24) is 15.3 Å². The van der Waals surface area contributed by atoms with Crippen LogP contribution in [0.4, 0.5) is 5.82 Å². The minimum atomic E-state index is 0.0184. The number of carbonyl (C=O) groups excluding carboxylic acids is 1. The van der Waals surface area contributed by atoms with Crippen LogP contribution in [-0.2, 0) is 22.7 Å². The first-order valence-corrected chi connectivity index (χ1v) is 6.95. The Labute approximate surface area is 120 Å². The van der Waals surface area contributed by atoms with Crippen LogP contribution in [0.25, 0.3) is 0 Å². The van der Waals surface area contributed by atoms with Gasteiger partial charge in [0.05, 0.1) is 0 Å². The number of hydrogen-bond acceptors (Lipinski definition) is 5. The summed E-state index contributed by atoms with van der Waals surface area (Å²) in [6.45, 7) is 4.73. The summed E-state index contributed by atoms with van der Waals surface area (Å²) in [5, 5.41) is 2.87. The Kier molecular flexibility index (Phi) is 6.93. The number of ether oxygens (including phenoxy) is 1. The number of nitrogens with zero attached hydrogens (tertiary/aromatic N) is 2. The topological polar surface area (TPSA) is 90.1 Å². The van der Waals surface area contributed by atoms with Crippen molar-refractivity contribution in [2.45, 2.75) is 46.3 Å². The van der Waals surface area contributed by atoms with Crippen molar-refractivity contribution in [2.75, 3.05) is 12.8 Å². The Hall–Kier alpha value is -1.69. The quantitative estimate of drug-likeness (QED) is 0.755. The number of amides is 1. The standard InChI is InChI=1S/C14H24N4O2/c1-4-5-6-10(2)14(19)17-8-11-7-16-12(9-20-3)18-13(11)15/h7,10H,4-6,8-9H2,1-3H3,(H,17,19)(H2,15,16,18). The highest BCUT2D eigenvalue weighted by molar-refractivity contribution is 5.78. The Morgan fingerprint density at radius 1 is 1.55 bits per heavy atom. The van der Waals surface area contributed by atoms with Crippen LogP contribution in [0.5, 0.6) is 0 Å². The van der Waals surface area contributed by atoms with Gasteiger partial charge in [-0.2, -0.15) is 0 Å². The summed E-state index contributed by atoms with van der Waals surface area (Å²) in [5.41, 5.74) is 6.56. The summed E-state index contributed by atoms with van der Waals surface area (Å²) in [4.78, 5) is 20.2. The van der Waals surface area contributed by atoms with Crippen molar-refractivity contribution < 1.29 is 9.53 Å². The normalized spacial score (nSPS) is 12.2. The molecule has 20 heavy (non-hydrogen) atoms. The third kappa shape index (κ3) is 5.13. The molecule has 0 aliphatic carbocycles. The molecule has 0 saturated heterocycles. The van der Waals surface area contributed by atoms with Crippen LogP contribution in [-0.4, -0.2) is 23.0 Å². The number of nitrogens with one attached hydrogen (secondary N) is 1. The van der Waals surface area contributed by atoms with Gasteiger partial charge in [0.15, 0.2) is 5.82 Å². The van der Waals surface area contributed by atoms with Crippen LogP contribution in [0.1, 0.15) is 44.5 Å². The summed E-state index contributed by atoms with van der Waals surface area (Å²) < 4.78 is 4.94. The molecule has 0 radical (unpaired) electrons. The largest absolute Gasteiger partial charge is 0.383 e. The molecule has 0 fully saturated rings. The number of rotatable bonds is 8. The SMILES string of the molecule is CCCCC(C)C(=O)NCc1cnc(COC)nc1N. The predicted octanol–water partition coefficient (Wildman–Crippen LogP) is 1.65. The lowest BCUT2D eigenvalue weighted by atomic mass is 10.0. The van der Waals surface area contributed by atoms with E-state index < -0.39 is 0 Å². The van der Waals surface area contributed by atoms with Crippen LogP contribution < -0.4 is 11.1 Å². The molecule has 0 saturated carbocycles. The molecule has 1 heterocycles. The Bertz CT molecular complexity index is 437. The van der Waals surface area contributed by atoms with Crippen LogP contribution in [0.2, 0.25) is 0 Å². The zero-order valence-corrected chi connectivity index (χ0v) is 12.5. The number of nitrogen functional groups attached to an aromatic ring is 1. The van der Waals surface area contributed by atoms with Gasteiger partial charge in [0.25, 0.3) is 0 Å². The van der Waals surface area contributed by atoms with Crippen molar-refractivity contribution in [1.29, 1.82) is 0 Å². The molecular formula is C14H24N4O2. The molecule has 0 aromatic carbocycles. The maximum absolute atomic E-state index is 11.9. The van der Waals surface area contributed by atoms with Gasteiger partial charge in [-0.05, 0) is 6.42 Å². The first kappa shape index (κ1) is 16.4. The molecule has 0 bridgehead atoms. The second-order valence-corrected chi connectivity index (χ2v) is 4.89.